The van der Waals surface area contributed by atoms with E-state index >= 15 is 0 Å². The zero-order valence-electron chi connectivity index (χ0n) is 10.3. The first-order chi connectivity index (χ1) is 8.68. The van der Waals surface area contributed by atoms with E-state index < -0.39 is 0 Å². The van der Waals surface area contributed by atoms with Gasteiger partial charge in [-0.05, 0) is 56.6 Å². The summed E-state index contributed by atoms with van der Waals surface area (Å²) in [5.41, 5.74) is 1.48. The van der Waals surface area contributed by atoms with Crippen LogP contribution in [0.25, 0.3) is 10.1 Å². The second kappa shape index (κ2) is 5.26. The number of thiophene rings is 1. The first kappa shape index (κ1) is 13.1. The molecular weight excluding hydrogens is 372 g/mol. The molecule has 0 bridgehead atoms. The molecule has 1 aromatic heterocycles. The Morgan fingerprint density at radius 2 is 2.17 bits per heavy atom. The monoisotopic (exact) mass is 386 g/mol. The average molecular weight is 388 g/mol. The fourth-order valence-electron chi connectivity index (χ4n) is 3.09. The van der Waals surface area contributed by atoms with Gasteiger partial charge in [-0.2, -0.15) is 0 Å². The highest BCUT2D eigenvalue weighted by molar-refractivity contribution is 9.10. The molecule has 1 aliphatic carbocycles. The molecule has 1 aliphatic rings. The van der Waals surface area contributed by atoms with Crippen molar-refractivity contribution >= 4 is 53.3 Å². The third-order valence-electron chi connectivity index (χ3n) is 4.18. The molecule has 0 N–H and O–H groups in total. The van der Waals surface area contributed by atoms with E-state index in [1.165, 1.54) is 39.4 Å². The Morgan fingerprint density at radius 1 is 1.33 bits per heavy atom. The van der Waals surface area contributed by atoms with Gasteiger partial charge in [0.15, 0.2) is 0 Å². The van der Waals surface area contributed by atoms with Crippen LogP contribution in [0, 0.1) is 11.8 Å². The minimum absolute atomic E-state index is 0.512. The van der Waals surface area contributed by atoms with Gasteiger partial charge in [-0.15, -0.1) is 11.3 Å². The number of alkyl halides is 1. The van der Waals surface area contributed by atoms with Crippen molar-refractivity contribution in [1.29, 1.82) is 0 Å². The van der Waals surface area contributed by atoms with Crippen molar-refractivity contribution in [2.75, 3.05) is 0 Å². The largest absolute Gasteiger partial charge is 0.142 e. The van der Waals surface area contributed by atoms with Crippen LogP contribution in [-0.4, -0.2) is 0 Å². The summed E-state index contributed by atoms with van der Waals surface area (Å²) in [6, 6.07) is 6.52. The van der Waals surface area contributed by atoms with Crippen molar-refractivity contribution in [3.8, 4) is 0 Å². The number of hydrogen-bond acceptors (Lipinski definition) is 1. The lowest BCUT2D eigenvalue weighted by molar-refractivity contribution is 0.415. The van der Waals surface area contributed by atoms with E-state index in [9.17, 15) is 0 Å². The molecule has 3 rings (SSSR count). The summed E-state index contributed by atoms with van der Waals surface area (Å²) in [4.78, 5) is 0.512. The van der Waals surface area contributed by atoms with Gasteiger partial charge in [0, 0.05) is 14.0 Å². The lowest BCUT2D eigenvalue weighted by atomic mass is 9.91. The van der Waals surface area contributed by atoms with Crippen LogP contribution < -0.4 is 0 Å². The van der Waals surface area contributed by atoms with Gasteiger partial charge >= 0.3 is 0 Å². The smallest absolute Gasteiger partial charge is 0.0488 e. The van der Waals surface area contributed by atoms with E-state index in [0.717, 1.165) is 11.8 Å². The van der Waals surface area contributed by atoms with Crippen LogP contribution in [0.5, 0.6) is 0 Å². The summed E-state index contributed by atoms with van der Waals surface area (Å²) in [6.45, 7) is 2.40. The van der Waals surface area contributed by atoms with Crippen LogP contribution in [0.3, 0.4) is 0 Å². The minimum atomic E-state index is 0.512. The van der Waals surface area contributed by atoms with E-state index in [1.54, 1.807) is 0 Å². The molecule has 1 heterocycles. The molecule has 0 amide bonds. The van der Waals surface area contributed by atoms with Gasteiger partial charge < -0.3 is 0 Å². The Balaban J connectivity index is 2.01. The van der Waals surface area contributed by atoms with Crippen molar-refractivity contribution in [3.05, 3.63) is 33.6 Å². The van der Waals surface area contributed by atoms with Crippen LogP contribution in [-0.2, 0) is 0 Å². The van der Waals surface area contributed by atoms with Gasteiger partial charge in [-0.1, -0.05) is 47.8 Å². The van der Waals surface area contributed by atoms with Crippen LogP contribution in [0.15, 0.2) is 28.1 Å². The number of fused-ring (bicyclic) bond motifs is 1. The van der Waals surface area contributed by atoms with Gasteiger partial charge in [0.2, 0.25) is 0 Å². The highest BCUT2D eigenvalue weighted by Crippen LogP contribution is 2.48. The highest BCUT2D eigenvalue weighted by Gasteiger charge is 2.31. The fourth-order valence-corrected chi connectivity index (χ4v) is 6.09. The Bertz CT molecular complexity index is 561. The summed E-state index contributed by atoms with van der Waals surface area (Å²) in [5.74, 6) is 1.64. The number of hydrogen-bond donors (Lipinski definition) is 0. The molecule has 3 atom stereocenters. The van der Waals surface area contributed by atoms with Gasteiger partial charge in [0.05, 0.1) is 0 Å². The van der Waals surface area contributed by atoms with Gasteiger partial charge in [0.1, 0.15) is 0 Å². The van der Waals surface area contributed by atoms with E-state index in [4.69, 9.17) is 0 Å². The summed E-state index contributed by atoms with van der Waals surface area (Å²) >= 11 is 9.47. The standard InChI is InChI=1S/C15H16Br2S/c1-9-4-2-5-10(9)14(17)12-8-18-15-11(12)6-3-7-13(15)16/h3,6-10,14H,2,4-5H2,1H3. The van der Waals surface area contributed by atoms with Gasteiger partial charge in [0.25, 0.3) is 0 Å². The molecule has 0 saturated heterocycles. The van der Waals surface area contributed by atoms with E-state index in [-0.39, 0.29) is 0 Å². The summed E-state index contributed by atoms with van der Waals surface area (Å²) in [5, 5.41) is 3.75. The Labute approximate surface area is 129 Å². The van der Waals surface area contributed by atoms with Crippen molar-refractivity contribution in [1.82, 2.24) is 0 Å². The van der Waals surface area contributed by atoms with Crippen molar-refractivity contribution in [2.45, 2.75) is 31.0 Å². The summed E-state index contributed by atoms with van der Waals surface area (Å²) < 4.78 is 2.60. The van der Waals surface area contributed by atoms with Crippen molar-refractivity contribution < 1.29 is 0 Å². The molecule has 3 heteroatoms. The molecule has 18 heavy (non-hydrogen) atoms. The Hall–Kier alpha value is 0.140. The quantitative estimate of drug-likeness (QED) is 0.513. The summed E-state index contributed by atoms with van der Waals surface area (Å²) in [6.07, 6.45) is 4.14. The first-order valence-corrected chi connectivity index (χ1v) is 9.07. The SMILES string of the molecule is CC1CCCC1C(Br)c1csc2c(Br)cccc12. The zero-order chi connectivity index (χ0) is 12.7. The van der Waals surface area contributed by atoms with E-state index in [2.05, 4.69) is 62.4 Å². The fraction of sp³-hybridized carbons (Fsp3) is 0.467. The summed E-state index contributed by atoms with van der Waals surface area (Å²) in [7, 11) is 0. The van der Waals surface area contributed by atoms with E-state index in [1.807, 2.05) is 11.3 Å². The Morgan fingerprint density at radius 3 is 2.89 bits per heavy atom. The predicted molar refractivity (Wildman–Crippen MR) is 87.7 cm³/mol. The van der Waals surface area contributed by atoms with Gasteiger partial charge in [-0.25, -0.2) is 0 Å². The molecule has 1 aromatic carbocycles. The molecule has 0 spiro atoms. The molecule has 96 valence electrons. The maximum atomic E-state index is 3.97. The zero-order valence-corrected chi connectivity index (χ0v) is 14.3. The molecule has 2 aromatic rings. The maximum Gasteiger partial charge on any atom is 0.0488 e. The van der Waals surface area contributed by atoms with Crippen LogP contribution in [0.2, 0.25) is 0 Å². The normalized spacial score (nSPS) is 25.7. The van der Waals surface area contributed by atoms with Crippen LogP contribution >= 0.6 is 43.2 Å². The highest BCUT2D eigenvalue weighted by atomic mass is 79.9. The topological polar surface area (TPSA) is 0 Å². The lowest BCUT2D eigenvalue weighted by Crippen LogP contribution is -2.10. The van der Waals surface area contributed by atoms with Crippen LogP contribution in [0.1, 0.15) is 36.6 Å². The minimum Gasteiger partial charge on any atom is -0.142 e. The number of halogens is 2. The molecule has 0 aliphatic heterocycles. The van der Waals surface area contributed by atoms with Gasteiger partial charge in [-0.3, -0.25) is 0 Å². The van der Waals surface area contributed by atoms with Crippen molar-refractivity contribution in [2.24, 2.45) is 11.8 Å². The molecule has 1 saturated carbocycles. The maximum absolute atomic E-state index is 3.97. The lowest BCUT2D eigenvalue weighted by Gasteiger charge is -2.21. The second-order valence-electron chi connectivity index (χ2n) is 5.28. The number of rotatable bonds is 2. The molecule has 0 radical (unpaired) electrons. The third kappa shape index (κ3) is 2.19. The number of benzene rings is 1. The molecular formula is C15H16Br2S. The molecule has 3 unspecified atom stereocenters. The Kier molecular flexibility index (Phi) is 3.84. The molecule has 1 fully saturated rings. The second-order valence-corrected chi connectivity index (χ2v) is 8.00. The van der Waals surface area contributed by atoms with Crippen LogP contribution in [0.4, 0.5) is 0 Å². The average Bonchev–Trinajstić information content (AvgIpc) is 2.95. The van der Waals surface area contributed by atoms with Crippen molar-refractivity contribution in [3.63, 3.8) is 0 Å². The predicted octanol–water partition coefficient (Wildman–Crippen LogP) is 6.54. The third-order valence-corrected chi connectivity index (χ3v) is 7.33. The molecule has 0 nitrogen and oxygen atoms in total. The first-order valence-electron chi connectivity index (χ1n) is 6.48. The van der Waals surface area contributed by atoms with E-state index in [0.29, 0.717) is 4.83 Å².